The molecule has 0 amide bonds. The molecule has 0 aliphatic rings. The molecule has 19 heavy (non-hydrogen) atoms. The predicted molar refractivity (Wildman–Crippen MR) is 82.7 cm³/mol. The summed E-state index contributed by atoms with van der Waals surface area (Å²) in [6.07, 6.45) is 3.50. The van der Waals surface area contributed by atoms with Crippen LogP contribution in [0.25, 0.3) is 10.9 Å². The maximum absolute atomic E-state index is 5.53. The first kappa shape index (κ1) is 13.8. The van der Waals surface area contributed by atoms with Crippen LogP contribution in [0.4, 0.5) is 5.69 Å². The van der Waals surface area contributed by atoms with Gasteiger partial charge in [0.2, 0.25) is 0 Å². The first-order valence-electron chi connectivity index (χ1n) is 7.00. The predicted octanol–water partition coefficient (Wildman–Crippen LogP) is 3.11. The molecule has 0 atom stereocenters. The third kappa shape index (κ3) is 3.44. The molecule has 0 aliphatic carbocycles. The molecule has 0 fully saturated rings. The van der Waals surface area contributed by atoms with Crippen molar-refractivity contribution in [3.05, 3.63) is 36.0 Å². The molecule has 0 radical (unpaired) electrons. The van der Waals surface area contributed by atoms with Crippen LogP contribution < -0.4 is 10.6 Å². The number of para-hydroxylation sites is 1. The number of aromatic nitrogens is 1. The Morgan fingerprint density at radius 1 is 1.16 bits per heavy atom. The molecule has 0 saturated heterocycles. The number of anilines is 1. The quantitative estimate of drug-likeness (QED) is 0.809. The zero-order valence-electron chi connectivity index (χ0n) is 11.9. The minimum atomic E-state index is 0.793. The van der Waals surface area contributed by atoms with Crippen LogP contribution in [0.1, 0.15) is 25.0 Å². The molecule has 1 aromatic carbocycles. The molecule has 0 saturated carbocycles. The maximum atomic E-state index is 5.53. The van der Waals surface area contributed by atoms with Gasteiger partial charge in [-0.25, -0.2) is 0 Å². The van der Waals surface area contributed by atoms with Crippen molar-refractivity contribution in [1.82, 2.24) is 4.98 Å². The molecule has 102 valence electrons. The van der Waals surface area contributed by atoms with Crippen LogP contribution in [-0.2, 0) is 0 Å². The van der Waals surface area contributed by atoms with E-state index < -0.39 is 0 Å². The summed E-state index contributed by atoms with van der Waals surface area (Å²) in [6.45, 7) is 3.91. The molecule has 1 heterocycles. The van der Waals surface area contributed by atoms with Gasteiger partial charge in [0.1, 0.15) is 0 Å². The highest BCUT2D eigenvalue weighted by atomic mass is 15.1. The van der Waals surface area contributed by atoms with E-state index in [-0.39, 0.29) is 0 Å². The molecule has 2 N–H and O–H groups in total. The lowest BCUT2D eigenvalue weighted by Crippen LogP contribution is -2.19. The number of nitrogens with two attached hydrogens (primary N) is 1. The Hall–Kier alpha value is -1.61. The van der Waals surface area contributed by atoms with Crippen molar-refractivity contribution in [2.24, 2.45) is 5.73 Å². The molecule has 0 unspecified atom stereocenters. The second-order valence-electron chi connectivity index (χ2n) is 5.07. The molecule has 0 aliphatic heterocycles. The summed E-state index contributed by atoms with van der Waals surface area (Å²) >= 11 is 0. The summed E-state index contributed by atoms with van der Waals surface area (Å²) in [5.41, 5.74) is 8.95. The summed E-state index contributed by atoms with van der Waals surface area (Å²) in [4.78, 5) is 6.91. The second-order valence-corrected chi connectivity index (χ2v) is 5.07. The van der Waals surface area contributed by atoms with Crippen molar-refractivity contribution in [3.8, 4) is 0 Å². The van der Waals surface area contributed by atoms with Gasteiger partial charge in [-0.1, -0.05) is 24.6 Å². The van der Waals surface area contributed by atoms with Crippen LogP contribution in [0, 0.1) is 6.92 Å². The molecule has 3 heteroatoms. The fraction of sp³-hybridized carbons (Fsp3) is 0.438. The van der Waals surface area contributed by atoms with Gasteiger partial charge in [-0.05, 0) is 38.4 Å². The molecular formula is C16H23N3. The highest BCUT2D eigenvalue weighted by Gasteiger charge is 2.07. The Bertz CT molecular complexity index is 537. The zero-order valence-corrected chi connectivity index (χ0v) is 11.9. The van der Waals surface area contributed by atoms with Crippen molar-refractivity contribution in [3.63, 3.8) is 0 Å². The Kier molecular flexibility index (Phi) is 4.74. The average Bonchev–Trinajstić information content (AvgIpc) is 2.42. The molecule has 2 rings (SSSR count). The number of pyridine rings is 1. The van der Waals surface area contributed by atoms with Crippen molar-refractivity contribution < 1.29 is 0 Å². The number of hydrogen-bond acceptors (Lipinski definition) is 3. The van der Waals surface area contributed by atoms with Crippen molar-refractivity contribution >= 4 is 16.6 Å². The minimum absolute atomic E-state index is 0.793. The fourth-order valence-electron chi connectivity index (χ4n) is 2.39. The molecule has 2 aromatic rings. The molecule has 1 aromatic heterocycles. The van der Waals surface area contributed by atoms with Gasteiger partial charge in [0.15, 0.2) is 0 Å². The lowest BCUT2D eigenvalue weighted by atomic mass is 10.1. The van der Waals surface area contributed by atoms with Crippen LogP contribution in [0.15, 0.2) is 30.3 Å². The van der Waals surface area contributed by atoms with E-state index in [0.717, 1.165) is 30.7 Å². The topological polar surface area (TPSA) is 42.1 Å². The standard InChI is InChI=1S/C16H23N3/c1-13-12-16(19(2)11-7-3-6-10-17)14-8-4-5-9-15(14)18-13/h4-5,8-9,12H,3,6-7,10-11,17H2,1-2H3. The van der Waals surface area contributed by atoms with Crippen molar-refractivity contribution in [2.45, 2.75) is 26.2 Å². The maximum Gasteiger partial charge on any atom is 0.0726 e. The van der Waals surface area contributed by atoms with Gasteiger partial charge in [-0.2, -0.15) is 0 Å². The summed E-state index contributed by atoms with van der Waals surface area (Å²) in [7, 11) is 2.16. The summed E-state index contributed by atoms with van der Waals surface area (Å²) in [5.74, 6) is 0. The Morgan fingerprint density at radius 2 is 1.95 bits per heavy atom. The number of benzene rings is 1. The van der Waals surface area contributed by atoms with Gasteiger partial charge in [0, 0.05) is 30.4 Å². The monoisotopic (exact) mass is 257 g/mol. The van der Waals surface area contributed by atoms with E-state index in [0.29, 0.717) is 0 Å². The van der Waals surface area contributed by atoms with E-state index in [1.807, 2.05) is 6.07 Å². The lowest BCUT2D eigenvalue weighted by Gasteiger charge is -2.21. The summed E-state index contributed by atoms with van der Waals surface area (Å²) in [5, 5.41) is 1.23. The van der Waals surface area contributed by atoms with Gasteiger partial charge in [0.05, 0.1) is 5.52 Å². The van der Waals surface area contributed by atoms with Crippen LogP contribution in [-0.4, -0.2) is 25.1 Å². The number of fused-ring (bicyclic) bond motifs is 1. The van der Waals surface area contributed by atoms with Crippen LogP contribution in [0.3, 0.4) is 0 Å². The Labute approximate surface area is 115 Å². The molecular weight excluding hydrogens is 234 g/mol. The van der Waals surface area contributed by atoms with Crippen LogP contribution >= 0.6 is 0 Å². The first-order chi connectivity index (χ1) is 9.22. The normalized spacial score (nSPS) is 10.9. The summed E-state index contributed by atoms with van der Waals surface area (Å²) in [6, 6.07) is 10.5. The Morgan fingerprint density at radius 3 is 2.74 bits per heavy atom. The largest absolute Gasteiger partial charge is 0.374 e. The van der Waals surface area contributed by atoms with Crippen molar-refractivity contribution in [2.75, 3.05) is 25.0 Å². The fourth-order valence-corrected chi connectivity index (χ4v) is 2.39. The van der Waals surface area contributed by atoms with E-state index in [1.165, 1.54) is 23.9 Å². The molecule has 0 bridgehead atoms. The van der Waals surface area contributed by atoms with E-state index in [4.69, 9.17) is 5.73 Å². The van der Waals surface area contributed by atoms with Gasteiger partial charge < -0.3 is 10.6 Å². The van der Waals surface area contributed by atoms with Crippen LogP contribution in [0.5, 0.6) is 0 Å². The molecule has 3 nitrogen and oxygen atoms in total. The molecule has 0 spiro atoms. The van der Waals surface area contributed by atoms with Gasteiger partial charge in [-0.15, -0.1) is 0 Å². The minimum Gasteiger partial charge on any atom is -0.374 e. The highest BCUT2D eigenvalue weighted by Crippen LogP contribution is 2.25. The number of rotatable bonds is 6. The van der Waals surface area contributed by atoms with E-state index in [1.54, 1.807) is 0 Å². The van der Waals surface area contributed by atoms with Gasteiger partial charge in [0.25, 0.3) is 0 Å². The van der Waals surface area contributed by atoms with Gasteiger partial charge >= 0.3 is 0 Å². The highest BCUT2D eigenvalue weighted by molar-refractivity contribution is 5.91. The Balaban J connectivity index is 2.18. The lowest BCUT2D eigenvalue weighted by molar-refractivity contribution is 0.679. The summed E-state index contributed by atoms with van der Waals surface area (Å²) < 4.78 is 0. The van der Waals surface area contributed by atoms with E-state index in [2.05, 4.69) is 48.1 Å². The van der Waals surface area contributed by atoms with E-state index in [9.17, 15) is 0 Å². The number of nitrogens with zero attached hydrogens (tertiary/aromatic N) is 2. The second kappa shape index (κ2) is 6.53. The SMILES string of the molecule is Cc1cc(N(C)CCCCCN)c2ccccc2n1. The average molecular weight is 257 g/mol. The number of hydrogen-bond donors (Lipinski definition) is 1. The third-order valence-corrected chi connectivity index (χ3v) is 3.43. The zero-order chi connectivity index (χ0) is 13.7. The number of unbranched alkanes of at least 4 members (excludes halogenated alkanes) is 2. The van der Waals surface area contributed by atoms with Gasteiger partial charge in [-0.3, -0.25) is 4.98 Å². The number of aryl methyl sites for hydroxylation is 1. The van der Waals surface area contributed by atoms with E-state index >= 15 is 0 Å². The van der Waals surface area contributed by atoms with Crippen molar-refractivity contribution in [1.29, 1.82) is 0 Å². The smallest absolute Gasteiger partial charge is 0.0726 e. The van der Waals surface area contributed by atoms with Crippen LogP contribution in [0.2, 0.25) is 0 Å². The third-order valence-electron chi connectivity index (χ3n) is 3.43. The first-order valence-corrected chi connectivity index (χ1v) is 7.00.